The van der Waals surface area contributed by atoms with E-state index in [2.05, 4.69) is 0 Å². The number of ketones is 1. The highest BCUT2D eigenvalue weighted by Gasteiger charge is 2.53. The van der Waals surface area contributed by atoms with E-state index in [1.165, 1.54) is 6.07 Å². The molecule has 6 nitrogen and oxygen atoms in total. The first kappa shape index (κ1) is 22.2. The fourth-order valence-corrected chi connectivity index (χ4v) is 4.84. The third-order valence-electron chi connectivity index (χ3n) is 6.43. The van der Waals surface area contributed by atoms with Gasteiger partial charge in [-0.25, -0.2) is 5.01 Å². The van der Waals surface area contributed by atoms with Crippen LogP contribution in [0.2, 0.25) is 5.02 Å². The molecule has 1 aliphatic heterocycles. The van der Waals surface area contributed by atoms with Crippen molar-refractivity contribution in [1.82, 2.24) is 10.0 Å². The van der Waals surface area contributed by atoms with E-state index >= 15 is 0 Å². The number of benzene rings is 2. The Morgan fingerprint density at radius 1 is 0.969 bits per heavy atom. The molecule has 3 amide bonds. The molecule has 1 saturated heterocycles. The van der Waals surface area contributed by atoms with Crippen molar-refractivity contribution in [2.24, 2.45) is 11.8 Å². The van der Waals surface area contributed by atoms with Crippen LogP contribution in [-0.2, 0) is 9.59 Å². The number of Topliss-reactive ketones (excluding diaryl/α,β-unsaturated/α-hetero) is 1. The van der Waals surface area contributed by atoms with Gasteiger partial charge in [0.2, 0.25) is 0 Å². The second kappa shape index (κ2) is 8.87. The normalized spacial score (nSPS) is 21.3. The van der Waals surface area contributed by atoms with Crippen molar-refractivity contribution in [2.45, 2.75) is 45.6 Å². The molecule has 32 heavy (non-hydrogen) atoms. The molecule has 1 aliphatic carbocycles. The van der Waals surface area contributed by atoms with Crippen LogP contribution in [0.1, 0.15) is 58.9 Å². The van der Waals surface area contributed by atoms with Crippen LogP contribution >= 0.6 is 11.6 Å². The van der Waals surface area contributed by atoms with E-state index in [1.54, 1.807) is 49.4 Å². The monoisotopic (exact) mass is 452 g/mol. The van der Waals surface area contributed by atoms with Crippen LogP contribution in [0.15, 0.2) is 48.5 Å². The van der Waals surface area contributed by atoms with E-state index in [0.29, 0.717) is 18.4 Å². The van der Waals surface area contributed by atoms with Crippen molar-refractivity contribution in [1.29, 1.82) is 0 Å². The lowest BCUT2D eigenvalue weighted by molar-refractivity contribution is -0.156. The number of imide groups is 1. The molecule has 1 heterocycles. The second-order valence-corrected chi connectivity index (χ2v) is 8.93. The molecule has 0 unspecified atom stereocenters. The van der Waals surface area contributed by atoms with E-state index in [4.69, 9.17) is 11.6 Å². The van der Waals surface area contributed by atoms with Gasteiger partial charge >= 0.3 is 0 Å². The lowest BCUT2D eigenvalue weighted by atomic mass is 9.81. The largest absolute Gasteiger partial charge is 0.292 e. The maximum absolute atomic E-state index is 13.6. The Morgan fingerprint density at radius 2 is 1.53 bits per heavy atom. The molecule has 2 fully saturated rings. The summed E-state index contributed by atoms with van der Waals surface area (Å²) in [5.41, 5.74) is 1.52. The SMILES string of the molecule is Cc1ccc(C(=O)[C@@H](C)N(C(=O)c2ccccc2Cl)N2C(=O)[C@H]3CCCC[C@H]3C2=O)cc1. The third kappa shape index (κ3) is 3.84. The molecule has 4 rings (SSSR count). The zero-order valence-corrected chi connectivity index (χ0v) is 18.8. The number of hydrogen-bond acceptors (Lipinski definition) is 4. The lowest BCUT2D eigenvalue weighted by Gasteiger charge is -2.35. The molecule has 1 saturated carbocycles. The molecule has 2 aromatic rings. The van der Waals surface area contributed by atoms with E-state index in [1.807, 2.05) is 6.92 Å². The maximum Gasteiger partial charge on any atom is 0.275 e. The van der Waals surface area contributed by atoms with Crippen LogP contribution in [0.25, 0.3) is 0 Å². The predicted molar refractivity (Wildman–Crippen MR) is 120 cm³/mol. The average Bonchev–Trinajstić information content (AvgIpc) is 3.05. The van der Waals surface area contributed by atoms with Gasteiger partial charge in [0.25, 0.3) is 17.7 Å². The minimum Gasteiger partial charge on any atom is -0.292 e. The molecule has 3 atom stereocenters. The van der Waals surface area contributed by atoms with Crippen LogP contribution in [0.4, 0.5) is 0 Å². The van der Waals surface area contributed by atoms with Crippen LogP contribution in [0.5, 0.6) is 0 Å². The van der Waals surface area contributed by atoms with E-state index in [-0.39, 0.29) is 16.4 Å². The number of hydrogen-bond donors (Lipinski definition) is 0. The molecular formula is C25H25ClN2O4. The Morgan fingerprint density at radius 3 is 2.09 bits per heavy atom. The highest BCUT2D eigenvalue weighted by molar-refractivity contribution is 6.34. The summed E-state index contributed by atoms with van der Waals surface area (Å²) >= 11 is 6.26. The van der Waals surface area contributed by atoms with Gasteiger partial charge < -0.3 is 0 Å². The zero-order valence-electron chi connectivity index (χ0n) is 18.1. The Kier molecular flexibility index (Phi) is 6.15. The summed E-state index contributed by atoms with van der Waals surface area (Å²) in [7, 11) is 0. The quantitative estimate of drug-likeness (QED) is 0.496. The highest BCUT2D eigenvalue weighted by Crippen LogP contribution is 2.39. The first-order valence-corrected chi connectivity index (χ1v) is 11.3. The fraction of sp³-hybridized carbons (Fsp3) is 0.360. The van der Waals surface area contributed by atoms with Gasteiger partial charge in [-0.05, 0) is 38.8 Å². The van der Waals surface area contributed by atoms with Gasteiger partial charge in [-0.15, -0.1) is 0 Å². The molecular weight excluding hydrogens is 428 g/mol. The van der Waals surface area contributed by atoms with E-state index in [0.717, 1.165) is 28.4 Å². The molecule has 2 aliphatic rings. The number of nitrogens with zero attached hydrogens (tertiary/aromatic N) is 2. The smallest absolute Gasteiger partial charge is 0.275 e. The van der Waals surface area contributed by atoms with Crippen molar-refractivity contribution in [3.05, 3.63) is 70.2 Å². The minimum atomic E-state index is -1.07. The molecule has 0 bridgehead atoms. The summed E-state index contributed by atoms with van der Waals surface area (Å²) < 4.78 is 0. The Labute approximate surface area is 192 Å². The van der Waals surface area contributed by atoms with E-state index in [9.17, 15) is 19.2 Å². The number of rotatable bonds is 5. The number of halogens is 1. The topological polar surface area (TPSA) is 74.8 Å². The van der Waals surface area contributed by atoms with Gasteiger partial charge in [-0.1, -0.05) is 66.4 Å². The fourth-order valence-electron chi connectivity index (χ4n) is 4.63. The van der Waals surface area contributed by atoms with Crippen LogP contribution in [0, 0.1) is 18.8 Å². The van der Waals surface area contributed by atoms with Crippen molar-refractivity contribution >= 4 is 35.1 Å². The molecule has 0 aromatic heterocycles. The molecule has 2 aromatic carbocycles. The predicted octanol–water partition coefficient (Wildman–Crippen LogP) is 4.45. The number of fused-ring (bicyclic) bond motifs is 1. The van der Waals surface area contributed by atoms with Crippen molar-refractivity contribution in [3.8, 4) is 0 Å². The molecule has 7 heteroatoms. The summed E-state index contributed by atoms with van der Waals surface area (Å²) in [5.74, 6) is -2.73. The number of carbonyl (C=O) groups is 4. The van der Waals surface area contributed by atoms with Crippen LogP contribution < -0.4 is 0 Å². The maximum atomic E-state index is 13.6. The Hall–Kier alpha value is -2.99. The number of carbonyl (C=O) groups excluding carboxylic acids is 4. The Balaban J connectivity index is 1.76. The Bertz CT molecular complexity index is 1060. The molecule has 0 N–H and O–H groups in total. The van der Waals surface area contributed by atoms with Crippen LogP contribution in [-0.4, -0.2) is 39.6 Å². The summed E-state index contributed by atoms with van der Waals surface area (Å²) in [4.78, 5) is 53.5. The van der Waals surface area contributed by atoms with Crippen LogP contribution in [0.3, 0.4) is 0 Å². The summed E-state index contributed by atoms with van der Waals surface area (Å²) in [6.07, 6.45) is 2.95. The first-order chi connectivity index (χ1) is 15.3. The highest BCUT2D eigenvalue weighted by atomic mass is 35.5. The summed E-state index contributed by atoms with van der Waals surface area (Å²) in [6, 6.07) is 12.3. The minimum absolute atomic E-state index is 0.133. The average molecular weight is 453 g/mol. The second-order valence-electron chi connectivity index (χ2n) is 8.52. The third-order valence-corrected chi connectivity index (χ3v) is 6.76. The molecule has 0 spiro atoms. The first-order valence-electron chi connectivity index (χ1n) is 10.9. The standard InChI is InChI=1S/C25H25ClN2O4/c1-15-11-13-17(14-12-15)22(29)16(2)27(25(32)20-9-5-6-10-21(20)26)28-23(30)18-7-3-4-8-19(18)24(28)31/h5-6,9-14,16,18-19H,3-4,7-8H2,1-2H3/t16-,18-,19+/m1/s1. The molecule has 166 valence electrons. The lowest BCUT2D eigenvalue weighted by Crippen LogP contribution is -2.56. The van der Waals surface area contributed by atoms with Gasteiger partial charge in [0.1, 0.15) is 6.04 Å². The van der Waals surface area contributed by atoms with Gasteiger partial charge in [-0.2, -0.15) is 5.01 Å². The number of amides is 3. The van der Waals surface area contributed by atoms with Gasteiger partial charge in [0.15, 0.2) is 5.78 Å². The van der Waals surface area contributed by atoms with Crippen molar-refractivity contribution < 1.29 is 19.2 Å². The summed E-state index contributed by atoms with van der Waals surface area (Å²) in [6.45, 7) is 3.45. The van der Waals surface area contributed by atoms with Gasteiger partial charge in [0, 0.05) is 5.56 Å². The summed E-state index contributed by atoms with van der Waals surface area (Å²) in [5, 5.41) is 2.13. The molecule has 0 radical (unpaired) electrons. The van der Waals surface area contributed by atoms with Gasteiger partial charge in [-0.3, -0.25) is 19.2 Å². The van der Waals surface area contributed by atoms with Crippen molar-refractivity contribution in [3.63, 3.8) is 0 Å². The van der Waals surface area contributed by atoms with Gasteiger partial charge in [0.05, 0.1) is 22.4 Å². The zero-order chi connectivity index (χ0) is 23.0. The van der Waals surface area contributed by atoms with E-state index < -0.39 is 35.6 Å². The van der Waals surface area contributed by atoms with Crippen molar-refractivity contribution in [2.75, 3.05) is 0 Å². The number of aryl methyl sites for hydroxylation is 1. The number of hydrazine groups is 1.